The molecule has 1 atom stereocenters. The first kappa shape index (κ1) is 29.2. The molecule has 0 aliphatic carbocycles. The summed E-state index contributed by atoms with van der Waals surface area (Å²) in [5.74, 6) is -0.0199. The summed E-state index contributed by atoms with van der Waals surface area (Å²) in [6.45, 7) is 3.39. The molecular formula is C32H35FN4O5. The van der Waals surface area contributed by atoms with Gasteiger partial charge in [-0.3, -0.25) is 14.5 Å². The van der Waals surface area contributed by atoms with Crippen molar-refractivity contribution in [1.29, 1.82) is 0 Å². The fourth-order valence-electron chi connectivity index (χ4n) is 5.25. The van der Waals surface area contributed by atoms with E-state index in [2.05, 4.69) is 4.90 Å². The van der Waals surface area contributed by atoms with Gasteiger partial charge in [0.05, 0.1) is 39.2 Å². The summed E-state index contributed by atoms with van der Waals surface area (Å²) in [6, 6.07) is 20.3. The predicted octanol–water partition coefficient (Wildman–Crippen LogP) is 4.00. The second-order valence-corrected chi connectivity index (χ2v) is 10.2. The van der Waals surface area contributed by atoms with Crippen LogP contribution in [0.2, 0.25) is 0 Å². The van der Waals surface area contributed by atoms with Gasteiger partial charge in [0.2, 0.25) is 0 Å². The van der Waals surface area contributed by atoms with Crippen molar-refractivity contribution < 1.29 is 28.2 Å². The fraction of sp³-hybridized carbons (Fsp3) is 0.344. The highest BCUT2D eigenvalue weighted by atomic mass is 19.1. The van der Waals surface area contributed by atoms with Crippen LogP contribution in [0.4, 0.5) is 4.39 Å². The van der Waals surface area contributed by atoms with E-state index in [0.29, 0.717) is 49.9 Å². The number of amides is 2. The van der Waals surface area contributed by atoms with Gasteiger partial charge < -0.3 is 19.1 Å². The Morgan fingerprint density at radius 1 is 1.00 bits per heavy atom. The minimum atomic E-state index is -0.508. The molecule has 220 valence electrons. The number of hydrazone groups is 1. The van der Waals surface area contributed by atoms with Crippen molar-refractivity contribution >= 4 is 17.5 Å². The van der Waals surface area contributed by atoms with Crippen LogP contribution in [0.25, 0.3) is 0 Å². The molecule has 2 aliphatic heterocycles. The van der Waals surface area contributed by atoms with Crippen molar-refractivity contribution in [2.45, 2.75) is 12.5 Å². The molecule has 3 aromatic rings. The largest absolute Gasteiger partial charge is 0.497 e. The van der Waals surface area contributed by atoms with E-state index in [0.717, 1.165) is 24.2 Å². The number of hydrogen-bond donors (Lipinski definition) is 0. The molecule has 0 saturated carbocycles. The zero-order valence-electron chi connectivity index (χ0n) is 23.9. The Kier molecular flexibility index (Phi) is 9.45. The van der Waals surface area contributed by atoms with Crippen molar-refractivity contribution in [2.75, 3.05) is 60.2 Å². The third kappa shape index (κ3) is 6.78. The molecule has 3 aromatic carbocycles. The van der Waals surface area contributed by atoms with E-state index in [9.17, 15) is 14.0 Å². The predicted molar refractivity (Wildman–Crippen MR) is 156 cm³/mol. The summed E-state index contributed by atoms with van der Waals surface area (Å²) in [4.78, 5) is 31.2. The van der Waals surface area contributed by atoms with E-state index < -0.39 is 11.7 Å². The highest BCUT2D eigenvalue weighted by molar-refractivity contribution is 6.05. The number of nitrogens with zero attached hydrogens (tertiary/aromatic N) is 4. The molecule has 0 N–H and O–H groups in total. The summed E-state index contributed by atoms with van der Waals surface area (Å²) in [6.07, 6.45) is 0.462. The van der Waals surface area contributed by atoms with Crippen LogP contribution < -0.4 is 9.47 Å². The number of hydrogen-bond acceptors (Lipinski definition) is 7. The lowest BCUT2D eigenvalue weighted by Gasteiger charge is -2.31. The number of rotatable bonds is 10. The number of carbonyl (C=O) groups is 2. The lowest BCUT2D eigenvalue weighted by Crippen LogP contribution is -2.46. The van der Waals surface area contributed by atoms with Crippen LogP contribution in [-0.2, 0) is 9.53 Å². The van der Waals surface area contributed by atoms with E-state index in [-0.39, 0.29) is 24.1 Å². The van der Waals surface area contributed by atoms with Gasteiger partial charge in [0.15, 0.2) is 0 Å². The molecule has 0 radical (unpaired) electrons. The summed E-state index contributed by atoms with van der Waals surface area (Å²) >= 11 is 0. The first-order chi connectivity index (χ1) is 20.5. The molecule has 0 spiro atoms. The SMILES string of the molecule is COc1ccc(C2=NN(C(=O)CN(CCN3CCOCC3)C(=O)c3cccc(F)c3)[C@@H](c3ccccc3)C2)c(OC)c1. The molecule has 2 heterocycles. The van der Waals surface area contributed by atoms with Gasteiger partial charge in [-0.1, -0.05) is 36.4 Å². The molecule has 0 bridgehead atoms. The Morgan fingerprint density at radius 3 is 2.50 bits per heavy atom. The molecule has 2 amide bonds. The van der Waals surface area contributed by atoms with E-state index in [1.165, 1.54) is 28.1 Å². The van der Waals surface area contributed by atoms with Crippen molar-refractivity contribution in [3.63, 3.8) is 0 Å². The summed E-state index contributed by atoms with van der Waals surface area (Å²) in [5.41, 5.74) is 2.56. The van der Waals surface area contributed by atoms with Crippen LogP contribution in [-0.4, -0.2) is 92.5 Å². The van der Waals surface area contributed by atoms with Gasteiger partial charge in [-0.15, -0.1) is 0 Å². The number of morpholine rings is 1. The molecule has 2 aliphatic rings. The van der Waals surface area contributed by atoms with Crippen molar-refractivity contribution in [1.82, 2.24) is 14.8 Å². The zero-order chi connectivity index (χ0) is 29.5. The highest BCUT2D eigenvalue weighted by Crippen LogP contribution is 2.36. The number of halogens is 1. The Balaban J connectivity index is 1.43. The second-order valence-electron chi connectivity index (χ2n) is 10.2. The highest BCUT2D eigenvalue weighted by Gasteiger charge is 2.35. The third-order valence-corrected chi connectivity index (χ3v) is 7.54. The van der Waals surface area contributed by atoms with Crippen molar-refractivity contribution in [2.24, 2.45) is 5.10 Å². The van der Waals surface area contributed by atoms with Crippen LogP contribution >= 0.6 is 0 Å². The quantitative estimate of drug-likeness (QED) is 0.364. The fourth-order valence-corrected chi connectivity index (χ4v) is 5.25. The lowest BCUT2D eigenvalue weighted by molar-refractivity contribution is -0.133. The molecule has 1 fully saturated rings. The first-order valence-corrected chi connectivity index (χ1v) is 14.0. The first-order valence-electron chi connectivity index (χ1n) is 14.0. The number of methoxy groups -OCH3 is 2. The molecule has 5 rings (SSSR count). The molecule has 0 aromatic heterocycles. The van der Waals surface area contributed by atoms with Crippen LogP contribution in [0.15, 0.2) is 77.9 Å². The monoisotopic (exact) mass is 574 g/mol. The molecule has 9 nitrogen and oxygen atoms in total. The van der Waals surface area contributed by atoms with Crippen molar-refractivity contribution in [3.05, 3.63) is 95.3 Å². The van der Waals surface area contributed by atoms with Crippen LogP contribution in [0, 0.1) is 5.82 Å². The minimum Gasteiger partial charge on any atom is -0.497 e. The zero-order valence-corrected chi connectivity index (χ0v) is 23.9. The maximum Gasteiger partial charge on any atom is 0.262 e. The standard InChI is InChI=1S/C32H35FN4O5/c1-40-26-11-12-27(30(20-26)41-2)28-21-29(23-7-4-3-5-8-23)37(34-28)31(38)22-36(14-13-35-15-17-42-18-16-35)32(39)24-9-6-10-25(33)19-24/h3-12,19-20,29H,13-18,21-22H2,1-2H3/t29-/m1/s1. The Hall–Kier alpha value is -4.28. The van der Waals surface area contributed by atoms with Gasteiger partial charge in [-0.2, -0.15) is 5.10 Å². The maximum atomic E-state index is 14.0. The molecule has 10 heteroatoms. The number of carbonyl (C=O) groups excluding carboxylic acids is 2. The lowest BCUT2D eigenvalue weighted by atomic mass is 9.98. The maximum absolute atomic E-state index is 14.0. The molecule has 42 heavy (non-hydrogen) atoms. The van der Waals surface area contributed by atoms with E-state index in [1.54, 1.807) is 26.4 Å². The Morgan fingerprint density at radius 2 is 1.79 bits per heavy atom. The van der Waals surface area contributed by atoms with Crippen LogP contribution in [0.1, 0.15) is 33.9 Å². The van der Waals surface area contributed by atoms with E-state index >= 15 is 0 Å². The van der Waals surface area contributed by atoms with Gasteiger partial charge in [0.1, 0.15) is 23.9 Å². The van der Waals surface area contributed by atoms with Crippen molar-refractivity contribution in [3.8, 4) is 11.5 Å². The van der Waals surface area contributed by atoms with Gasteiger partial charge in [0, 0.05) is 49.8 Å². The second kappa shape index (κ2) is 13.6. The van der Waals surface area contributed by atoms with Gasteiger partial charge >= 0.3 is 0 Å². The van der Waals surface area contributed by atoms with Gasteiger partial charge in [0.25, 0.3) is 11.8 Å². The number of ether oxygens (including phenoxy) is 3. The molecule has 0 unspecified atom stereocenters. The Bertz CT molecular complexity index is 1430. The summed E-state index contributed by atoms with van der Waals surface area (Å²) in [5, 5.41) is 6.25. The number of benzene rings is 3. The third-order valence-electron chi connectivity index (χ3n) is 7.54. The van der Waals surface area contributed by atoms with Crippen LogP contribution in [0.3, 0.4) is 0 Å². The topological polar surface area (TPSA) is 83.9 Å². The minimum absolute atomic E-state index is 0.193. The normalized spacial score (nSPS) is 17.1. The average Bonchev–Trinajstić information content (AvgIpc) is 3.49. The summed E-state index contributed by atoms with van der Waals surface area (Å²) in [7, 11) is 3.17. The summed E-state index contributed by atoms with van der Waals surface area (Å²) < 4.78 is 30.4. The van der Waals surface area contributed by atoms with Gasteiger partial charge in [-0.05, 0) is 35.9 Å². The molecular weight excluding hydrogens is 539 g/mol. The average molecular weight is 575 g/mol. The molecule has 1 saturated heterocycles. The van der Waals surface area contributed by atoms with Gasteiger partial charge in [-0.25, -0.2) is 9.40 Å². The van der Waals surface area contributed by atoms with E-state index in [1.807, 2.05) is 42.5 Å². The van der Waals surface area contributed by atoms with E-state index in [4.69, 9.17) is 19.3 Å². The van der Waals surface area contributed by atoms with Crippen LogP contribution in [0.5, 0.6) is 11.5 Å². The smallest absolute Gasteiger partial charge is 0.262 e. The Labute approximate surface area is 245 Å².